The maximum Gasteiger partial charge on any atom is 0.229 e. The summed E-state index contributed by atoms with van der Waals surface area (Å²) in [5, 5.41) is 0.649. The van der Waals surface area contributed by atoms with Gasteiger partial charge in [0.1, 0.15) is 19.1 Å². The van der Waals surface area contributed by atoms with Crippen molar-refractivity contribution in [3.05, 3.63) is 76.3 Å². The largest absolute Gasteiger partial charge is 0.373 e. The SMILES string of the molecule is O=C(C[N+]12CC[C@@]34c5ccccc5N5C(=O)C[C@@H]6OCC=C(C1)[C@@H](C[C@@H]32)[C@@H]6[C@@H]54)c1ccc(Cl)cc1. The Balaban J connectivity index is 1.31. The molecule has 1 amide bonds. The number of para-hydroxylation sites is 1. The Hall–Kier alpha value is -2.47. The summed E-state index contributed by atoms with van der Waals surface area (Å²) >= 11 is 6.10. The lowest BCUT2D eigenvalue weighted by Gasteiger charge is -2.60. The molecule has 7 atom stereocenters. The van der Waals surface area contributed by atoms with Crippen LogP contribution in [-0.4, -0.2) is 60.6 Å². The van der Waals surface area contributed by atoms with E-state index < -0.39 is 0 Å². The normalized spacial score (nSPS) is 39.7. The van der Waals surface area contributed by atoms with Crippen LogP contribution in [0.1, 0.15) is 35.2 Å². The minimum Gasteiger partial charge on any atom is -0.373 e. The summed E-state index contributed by atoms with van der Waals surface area (Å²) in [5.41, 5.74) is 4.52. The third-order valence-electron chi connectivity index (χ3n) is 10.3. The molecule has 178 valence electrons. The number of rotatable bonds is 3. The van der Waals surface area contributed by atoms with Gasteiger partial charge in [0, 0.05) is 35.0 Å². The summed E-state index contributed by atoms with van der Waals surface area (Å²) < 4.78 is 7.18. The van der Waals surface area contributed by atoms with Crippen molar-refractivity contribution in [3.63, 3.8) is 0 Å². The molecule has 35 heavy (non-hydrogen) atoms. The number of carbonyl (C=O) groups is 2. The van der Waals surface area contributed by atoms with Crippen LogP contribution >= 0.6 is 11.6 Å². The summed E-state index contributed by atoms with van der Waals surface area (Å²) in [6, 6.07) is 16.4. The molecule has 1 saturated carbocycles. The first-order valence-corrected chi connectivity index (χ1v) is 13.3. The molecule has 0 aromatic heterocycles. The van der Waals surface area contributed by atoms with Gasteiger partial charge in [-0.3, -0.25) is 9.59 Å². The van der Waals surface area contributed by atoms with E-state index in [1.165, 1.54) is 11.1 Å². The molecule has 4 fully saturated rings. The van der Waals surface area contributed by atoms with Crippen LogP contribution in [-0.2, 0) is 14.9 Å². The Labute approximate surface area is 209 Å². The summed E-state index contributed by atoms with van der Waals surface area (Å²) in [6.45, 7) is 2.96. The minimum absolute atomic E-state index is 0.00839. The highest BCUT2D eigenvalue weighted by atomic mass is 35.5. The number of ether oxygens (including phenoxy) is 1. The highest BCUT2D eigenvalue weighted by molar-refractivity contribution is 6.30. The van der Waals surface area contributed by atoms with Gasteiger partial charge in [0.25, 0.3) is 0 Å². The molecule has 5 nitrogen and oxygen atoms in total. The van der Waals surface area contributed by atoms with Gasteiger partial charge in [0.15, 0.2) is 0 Å². The number of anilines is 1. The van der Waals surface area contributed by atoms with Crippen LogP contribution in [0.5, 0.6) is 0 Å². The van der Waals surface area contributed by atoms with Crippen molar-refractivity contribution in [3.8, 4) is 0 Å². The first-order chi connectivity index (χ1) is 17.0. The van der Waals surface area contributed by atoms with Crippen molar-refractivity contribution >= 4 is 29.0 Å². The van der Waals surface area contributed by atoms with E-state index in [0.29, 0.717) is 42.5 Å². The number of fused-ring (bicyclic) bond motifs is 2. The molecule has 6 heteroatoms. The van der Waals surface area contributed by atoms with Crippen LogP contribution in [0.4, 0.5) is 5.69 Å². The fraction of sp³-hybridized carbons (Fsp3) is 0.448. The van der Waals surface area contributed by atoms with Gasteiger partial charge in [-0.2, -0.15) is 0 Å². The maximum atomic E-state index is 13.7. The zero-order valence-electron chi connectivity index (χ0n) is 19.5. The number of nitrogens with zero attached hydrogens (tertiary/aromatic N) is 2. The molecule has 6 aliphatic rings. The van der Waals surface area contributed by atoms with Gasteiger partial charge < -0.3 is 14.1 Å². The molecule has 1 aliphatic carbocycles. The molecule has 0 N–H and O–H groups in total. The highest BCUT2D eigenvalue weighted by Gasteiger charge is 2.76. The third-order valence-corrected chi connectivity index (χ3v) is 10.6. The number of hydrogen-bond donors (Lipinski definition) is 0. The average Bonchev–Trinajstić information content (AvgIpc) is 3.29. The second-order valence-corrected chi connectivity index (χ2v) is 11.9. The second kappa shape index (κ2) is 6.84. The molecular formula is C29H28ClN2O3+. The second-order valence-electron chi connectivity index (χ2n) is 11.5. The van der Waals surface area contributed by atoms with Gasteiger partial charge >= 0.3 is 0 Å². The van der Waals surface area contributed by atoms with E-state index in [0.717, 1.165) is 41.7 Å². The zero-order chi connectivity index (χ0) is 23.5. The first kappa shape index (κ1) is 20.7. The Morgan fingerprint density at radius 3 is 2.86 bits per heavy atom. The fourth-order valence-electron chi connectivity index (χ4n) is 9.21. The van der Waals surface area contributed by atoms with E-state index in [-0.39, 0.29) is 29.3 Å². The fourth-order valence-corrected chi connectivity index (χ4v) is 9.34. The third kappa shape index (κ3) is 2.47. The summed E-state index contributed by atoms with van der Waals surface area (Å²) in [5.74, 6) is 1.15. The number of carbonyl (C=O) groups excluding carboxylic acids is 2. The molecule has 5 heterocycles. The Morgan fingerprint density at radius 1 is 1.17 bits per heavy atom. The lowest BCUT2D eigenvalue weighted by Crippen LogP contribution is -2.73. The molecule has 1 unspecified atom stereocenters. The topological polar surface area (TPSA) is 46.6 Å². The van der Waals surface area contributed by atoms with Crippen LogP contribution in [0.15, 0.2) is 60.2 Å². The smallest absolute Gasteiger partial charge is 0.229 e. The van der Waals surface area contributed by atoms with Crippen molar-refractivity contribution in [2.45, 2.75) is 42.9 Å². The van der Waals surface area contributed by atoms with Gasteiger partial charge in [0.05, 0.1) is 37.1 Å². The molecule has 3 saturated heterocycles. The molecule has 8 rings (SSSR count). The van der Waals surface area contributed by atoms with Crippen LogP contribution in [0.25, 0.3) is 0 Å². The Morgan fingerprint density at radius 2 is 2.00 bits per heavy atom. The van der Waals surface area contributed by atoms with E-state index >= 15 is 0 Å². The van der Waals surface area contributed by atoms with Gasteiger partial charge in [-0.15, -0.1) is 0 Å². The maximum absolute atomic E-state index is 13.7. The van der Waals surface area contributed by atoms with E-state index in [1.54, 1.807) is 0 Å². The summed E-state index contributed by atoms with van der Waals surface area (Å²) in [6.07, 6.45) is 4.85. The van der Waals surface area contributed by atoms with Crippen molar-refractivity contribution < 1.29 is 18.8 Å². The standard InChI is InChI=1S/C29H28ClN2O3/c30-19-7-5-17(6-8-19)23(33)16-32-11-10-29-21-3-1-2-4-22(21)31-26(34)14-24-27(28(29)31)20(13-25(29)32)18(15-32)9-12-35-24/h1-9,20,24-25,27-28H,10-16H2/q+1/t20-,24+,25+,27+,28-,29-,32?/m1/s1. The number of Topliss-reactive ketones (excluding diaryl/α,β-unsaturated/α-hetero) is 1. The predicted octanol–water partition coefficient (Wildman–Crippen LogP) is 4.14. The summed E-state index contributed by atoms with van der Waals surface area (Å²) in [7, 11) is 0. The van der Waals surface area contributed by atoms with E-state index in [9.17, 15) is 9.59 Å². The highest BCUT2D eigenvalue weighted by Crippen LogP contribution is 2.67. The first-order valence-electron chi connectivity index (χ1n) is 12.9. The monoisotopic (exact) mass is 487 g/mol. The van der Waals surface area contributed by atoms with E-state index in [4.69, 9.17) is 16.3 Å². The van der Waals surface area contributed by atoms with E-state index in [1.807, 2.05) is 24.3 Å². The van der Waals surface area contributed by atoms with Gasteiger partial charge in [-0.25, -0.2) is 0 Å². The molecule has 0 radical (unpaired) electrons. The molecule has 2 bridgehead atoms. The quantitative estimate of drug-likeness (QED) is 0.371. The molecular weight excluding hydrogens is 460 g/mol. The van der Waals surface area contributed by atoms with Crippen molar-refractivity contribution in [2.24, 2.45) is 11.8 Å². The number of benzene rings is 2. The molecule has 2 aromatic rings. The van der Waals surface area contributed by atoms with Crippen molar-refractivity contribution in [2.75, 3.05) is 31.1 Å². The minimum atomic E-state index is -0.106. The van der Waals surface area contributed by atoms with Crippen LogP contribution in [0.2, 0.25) is 5.02 Å². The predicted molar refractivity (Wildman–Crippen MR) is 132 cm³/mol. The average molecular weight is 488 g/mol. The van der Waals surface area contributed by atoms with E-state index in [2.05, 4.69) is 35.2 Å². The zero-order valence-corrected chi connectivity index (χ0v) is 20.3. The van der Waals surface area contributed by atoms with Crippen LogP contribution in [0, 0.1) is 11.8 Å². The number of hydrogen-bond acceptors (Lipinski definition) is 3. The number of ketones is 1. The van der Waals surface area contributed by atoms with Crippen LogP contribution in [0.3, 0.4) is 0 Å². The number of piperidine rings is 2. The van der Waals surface area contributed by atoms with Gasteiger partial charge in [-0.1, -0.05) is 35.9 Å². The van der Waals surface area contributed by atoms with Crippen molar-refractivity contribution in [1.82, 2.24) is 0 Å². The lowest BCUT2D eigenvalue weighted by molar-refractivity contribution is -0.935. The van der Waals surface area contributed by atoms with Gasteiger partial charge in [0.2, 0.25) is 11.7 Å². The van der Waals surface area contributed by atoms with Crippen molar-refractivity contribution in [1.29, 1.82) is 0 Å². The molecule has 1 spiro atoms. The summed E-state index contributed by atoms with van der Waals surface area (Å²) in [4.78, 5) is 29.4. The Kier molecular flexibility index (Phi) is 4.05. The number of halogens is 1. The lowest BCUT2D eigenvalue weighted by atomic mass is 9.53. The molecule has 2 aromatic carbocycles. The number of amides is 1. The van der Waals surface area contributed by atoms with Gasteiger partial charge in [-0.05, 0) is 47.4 Å². The Bertz CT molecular complexity index is 1320. The van der Waals surface area contributed by atoms with Crippen LogP contribution < -0.4 is 4.90 Å². The molecule has 5 aliphatic heterocycles. The number of quaternary nitrogens is 1.